The molecule has 0 N–H and O–H groups in total. The Morgan fingerprint density at radius 1 is 0.423 bits per heavy atom. The highest BCUT2D eigenvalue weighted by molar-refractivity contribution is 7.26. The maximum absolute atomic E-state index is 15.4. The SMILES string of the molecule is Fc1cccc2c3ccccc3n(-c3ccc(N(c4ccc(-c5ccccc5)cc4)c4ccc(-c5cccc6c5sc5ccccc56)cc4)cc3)c12. The minimum absolute atomic E-state index is 0.232. The number of para-hydroxylation sites is 2. The first-order valence-electron chi connectivity index (χ1n) is 17.5. The second-order valence-corrected chi connectivity index (χ2v) is 14.1. The highest BCUT2D eigenvalue weighted by Gasteiger charge is 2.18. The van der Waals surface area contributed by atoms with Crippen molar-refractivity contribution in [3.8, 4) is 27.9 Å². The molecule has 0 bridgehead atoms. The number of hydrogen-bond donors (Lipinski definition) is 0. The molecule has 10 rings (SSSR count). The molecule has 0 amide bonds. The summed E-state index contributed by atoms with van der Waals surface area (Å²) >= 11 is 1.85. The summed E-state index contributed by atoms with van der Waals surface area (Å²) in [5.41, 5.74) is 10.4. The van der Waals surface area contributed by atoms with E-state index in [9.17, 15) is 0 Å². The van der Waals surface area contributed by atoms with E-state index in [1.54, 1.807) is 6.07 Å². The van der Waals surface area contributed by atoms with E-state index in [1.165, 1.54) is 48.5 Å². The third-order valence-electron chi connectivity index (χ3n) is 10.1. The smallest absolute Gasteiger partial charge is 0.147 e. The fourth-order valence-electron chi connectivity index (χ4n) is 7.64. The number of fused-ring (bicyclic) bond motifs is 6. The third-order valence-corrected chi connectivity index (χ3v) is 11.3. The molecular formula is C48H31FN2S. The van der Waals surface area contributed by atoms with Crippen LogP contribution in [-0.2, 0) is 0 Å². The van der Waals surface area contributed by atoms with Crippen molar-refractivity contribution in [2.24, 2.45) is 0 Å². The van der Waals surface area contributed by atoms with Crippen molar-refractivity contribution in [1.29, 1.82) is 0 Å². The number of anilines is 3. The lowest BCUT2D eigenvalue weighted by Crippen LogP contribution is -2.10. The van der Waals surface area contributed by atoms with Crippen LogP contribution in [0.1, 0.15) is 0 Å². The van der Waals surface area contributed by atoms with Gasteiger partial charge in [-0.3, -0.25) is 0 Å². The van der Waals surface area contributed by atoms with Gasteiger partial charge >= 0.3 is 0 Å². The molecule has 2 heterocycles. The summed E-state index contributed by atoms with van der Waals surface area (Å²) < 4.78 is 20.1. The molecule has 0 unspecified atom stereocenters. The molecule has 0 saturated carbocycles. The van der Waals surface area contributed by atoms with Gasteiger partial charge in [-0.15, -0.1) is 11.3 Å². The van der Waals surface area contributed by atoms with Crippen molar-refractivity contribution in [2.75, 3.05) is 4.90 Å². The average molecular weight is 687 g/mol. The van der Waals surface area contributed by atoms with E-state index in [0.717, 1.165) is 39.0 Å². The van der Waals surface area contributed by atoms with Crippen molar-refractivity contribution in [1.82, 2.24) is 4.57 Å². The first kappa shape index (κ1) is 30.3. The monoisotopic (exact) mass is 686 g/mol. The molecule has 246 valence electrons. The van der Waals surface area contributed by atoms with Gasteiger partial charge in [-0.1, -0.05) is 121 Å². The Morgan fingerprint density at radius 3 is 1.73 bits per heavy atom. The summed E-state index contributed by atoms with van der Waals surface area (Å²) in [4.78, 5) is 2.29. The van der Waals surface area contributed by atoms with Gasteiger partial charge in [-0.25, -0.2) is 4.39 Å². The molecule has 2 aromatic heterocycles. The summed E-state index contributed by atoms with van der Waals surface area (Å²) in [6, 6.07) is 65.3. The molecule has 0 aliphatic carbocycles. The van der Waals surface area contributed by atoms with Gasteiger partial charge in [0.1, 0.15) is 5.82 Å². The summed E-state index contributed by atoms with van der Waals surface area (Å²) in [5, 5.41) is 4.54. The summed E-state index contributed by atoms with van der Waals surface area (Å²) in [5.74, 6) is -0.232. The van der Waals surface area contributed by atoms with Crippen molar-refractivity contribution in [3.63, 3.8) is 0 Å². The molecule has 0 fully saturated rings. The molecular weight excluding hydrogens is 656 g/mol. The highest BCUT2D eigenvalue weighted by Crippen LogP contribution is 2.42. The van der Waals surface area contributed by atoms with E-state index in [1.807, 2.05) is 40.2 Å². The Bertz CT molecular complexity index is 2890. The third kappa shape index (κ3) is 4.99. The number of halogens is 1. The quantitative estimate of drug-likeness (QED) is 0.169. The Morgan fingerprint density at radius 2 is 0.981 bits per heavy atom. The van der Waals surface area contributed by atoms with Crippen LogP contribution in [-0.4, -0.2) is 4.57 Å². The molecule has 0 aliphatic rings. The van der Waals surface area contributed by atoms with Crippen molar-refractivity contribution < 1.29 is 4.39 Å². The van der Waals surface area contributed by atoms with Crippen LogP contribution in [0.2, 0.25) is 0 Å². The van der Waals surface area contributed by atoms with Gasteiger partial charge in [0.05, 0.1) is 11.0 Å². The van der Waals surface area contributed by atoms with Crippen LogP contribution in [0.3, 0.4) is 0 Å². The van der Waals surface area contributed by atoms with Crippen LogP contribution in [0, 0.1) is 5.82 Å². The molecule has 8 aromatic carbocycles. The Hall–Kier alpha value is -6.49. The normalized spacial score (nSPS) is 11.6. The number of benzene rings is 8. The summed E-state index contributed by atoms with van der Waals surface area (Å²) in [6.45, 7) is 0. The van der Waals surface area contributed by atoms with Gasteiger partial charge in [-0.2, -0.15) is 0 Å². The van der Waals surface area contributed by atoms with Gasteiger partial charge in [0.25, 0.3) is 0 Å². The first-order chi connectivity index (χ1) is 25.7. The zero-order valence-electron chi connectivity index (χ0n) is 28.1. The zero-order valence-corrected chi connectivity index (χ0v) is 28.9. The molecule has 52 heavy (non-hydrogen) atoms. The highest BCUT2D eigenvalue weighted by atomic mass is 32.1. The first-order valence-corrected chi connectivity index (χ1v) is 18.3. The minimum atomic E-state index is -0.232. The number of aromatic nitrogens is 1. The van der Waals surface area contributed by atoms with E-state index in [4.69, 9.17) is 0 Å². The van der Waals surface area contributed by atoms with E-state index in [-0.39, 0.29) is 5.82 Å². The predicted molar refractivity (Wildman–Crippen MR) is 219 cm³/mol. The van der Waals surface area contributed by atoms with Crippen LogP contribution < -0.4 is 4.90 Å². The predicted octanol–water partition coefficient (Wildman–Crippen LogP) is 14.1. The standard InChI is InChI=1S/C48H31FN2S/c49-44-17-9-15-42-40-12-4-6-18-45(40)51(47(42)44)38-30-28-37(29-31-38)50(35-24-20-33(21-25-35)32-10-2-1-3-11-32)36-26-22-34(23-27-36)39-14-8-16-43-41-13-5-7-19-46(41)52-48(39)43/h1-31H. The Balaban J connectivity index is 1.08. The van der Waals surface area contributed by atoms with Crippen LogP contribution >= 0.6 is 11.3 Å². The summed E-state index contributed by atoms with van der Waals surface area (Å²) in [7, 11) is 0. The topological polar surface area (TPSA) is 8.17 Å². The van der Waals surface area contributed by atoms with Gasteiger partial charge in [0.2, 0.25) is 0 Å². The molecule has 10 aromatic rings. The van der Waals surface area contributed by atoms with Crippen LogP contribution in [0.15, 0.2) is 188 Å². The van der Waals surface area contributed by atoms with Gasteiger partial charge in [0, 0.05) is 53.7 Å². The fourth-order valence-corrected chi connectivity index (χ4v) is 8.88. The molecule has 2 nitrogen and oxygen atoms in total. The Kier molecular flexibility index (Phi) is 7.22. The van der Waals surface area contributed by atoms with Crippen LogP contribution in [0.25, 0.3) is 69.9 Å². The number of rotatable bonds is 6. The maximum atomic E-state index is 15.4. The second-order valence-electron chi connectivity index (χ2n) is 13.1. The number of hydrogen-bond acceptors (Lipinski definition) is 2. The lowest BCUT2D eigenvalue weighted by Gasteiger charge is -2.26. The summed E-state index contributed by atoms with van der Waals surface area (Å²) in [6.07, 6.45) is 0. The zero-order chi connectivity index (χ0) is 34.6. The largest absolute Gasteiger partial charge is 0.311 e. The molecule has 0 radical (unpaired) electrons. The van der Waals surface area contributed by atoms with E-state index < -0.39 is 0 Å². The van der Waals surface area contributed by atoms with Gasteiger partial charge in [0.15, 0.2) is 0 Å². The van der Waals surface area contributed by atoms with E-state index in [2.05, 4.69) is 157 Å². The van der Waals surface area contributed by atoms with E-state index >= 15 is 4.39 Å². The molecule has 0 spiro atoms. The van der Waals surface area contributed by atoms with Crippen LogP contribution in [0.5, 0.6) is 0 Å². The maximum Gasteiger partial charge on any atom is 0.147 e. The lowest BCUT2D eigenvalue weighted by atomic mass is 10.0. The Labute approximate surface area is 304 Å². The molecule has 0 atom stereocenters. The van der Waals surface area contributed by atoms with Crippen molar-refractivity contribution >= 4 is 70.4 Å². The van der Waals surface area contributed by atoms with Crippen molar-refractivity contribution in [2.45, 2.75) is 0 Å². The molecule has 0 aliphatic heterocycles. The number of thiophene rings is 1. The van der Waals surface area contributed by atoms with Crippen molar-refractivity contribution in [3.05, 3.63) is 194 Å². The van der Waals surface area contributed by atoms with Gasteiger partial charge < -0.3 is 9.47 Å². The molecule has 0 saturated heterocycles. The molecule has 4 heteroatoms. The fraction of sp³-hybridized carbons (Fsp3) is 0. The average Bonchev–Trinajstić information content (AvgIpc) is 3.76. The minimum Gasteiger partial charge on any atom is -0.311 e. The van der Waals surface area contributed by atoms with E-state index in [0.29, 0.717) is 5.52 Å². The lowest BCUT2D eigenvalue weighted by molar-refractivity contribution is 0.635. The van der Waals surface area contributed by atoms with Crippen LogP contribution in [0.4, 0.5) is 21.5 Å². The van der Waals surface area contributed by atoms with Gasteiger partial charge in [-0.05, 0) is 89.0 Å². The second kappa shape index (κ2) is 12.4. The number of nitrogens with zero attached hydrogens (tertiary/aromatic N) is 2.